The number of nitrogens with zero attached hydrogens (tertiary/aromatic N) is 4. The number of hydrogen-bond donors (Lipinski definition) is 0. The van der Waals surface area contributed by atoms with Gasteiger partial charge < -0.3 is 9.80 Å². The number of piperazine rings is 1. The molecule has 0 atom stereocenters. The van der Waals surface area contributed by atoms with Gasteiger partial charge in [0.2, 0.25) is 0 Å². The molecule has 2 aromatic heterocycles. The van der Waals surface area contributed by atoms with Crippen molar-refractivity contribution in [3.8, 4) is 0 Å². The summed E-state index contributed by atoms with van der Waals surface area (Å²) in [5.74, 6) is 0.0803. The van der Waals surface area contributed by atoms with E-state index < -0.39 is 0 Å². The molecular formula is C17H20N4O. The molecule has 0 radical (unpaired) electrons. The molecule has 0 N–H and O–H groups in total. The Hall–Kier alpha value is -2.43. The number of amides is 1. The molecule has 1 aliphatic rings. The van der Waals surface area contributed by atoms with Gasteiger partial charge in [-0.15, -0.1) is 0 Å². The third-order valence-corrected chi connectivity index (χ3v) is 4.14. The van der Waals surface area contributed by atoms with E-state index in [1.54, 1.807) is 6.20 Å². The van der Waals surface area contributed by atoms with Gasteiger partial charge in [-0.3, -0.25) is 14.8 Å². The summed E-state index contributed by atoms with van der Waals surface area (Å²) in [4.78, 5) is 25.2. The van der Waals surface area contributed by atoms with Gasteiger partial charge in [-0.1, -0.05) is 0 Å². The normalized spacial score (nSPS) is 15.0. The fraction of sp³-hybridized carbons (Fsp3) is 0.353. The van der Waals surface area contributed by atoms with Crippen molar-refractivity contribution in [3.63, 3.8) is 0 Å². The summed E-state index contributed by atoms with van der Waals surface area (Å²) >= 11 is 0. The van der Waals surface area contributed by atoms with Crippen LogP contribution >= 0.6 is 0 Å². The number of hydrogen-bond acceptors (Lipinski definition) is 4. The fourth-order valence-electron chi connectivity index (χ4n) is 2.85. The van der Waals surface area contributed by atoms with Gasteiger partial charge in [-0.2, -0.15) is 0 Å². The molecular weight excluding hydrogens is 276 g/mol. The fourth-order valence-corrected chi connectivity index (χ4v) is 2.85. The molecule has 1 aliphatic heterocycles. The lowest BCUT2D eigenvalue weighted by molar-refractivity contribution is 0.0745. The van der Waals surface area contributed by atoms with Crippen LogP contribution in [0.5, 0.6) is 0 Å². The van der Waals surface area contributed by atoms with E-state index in [1.807, 2.05) is 42.4 Å². The highest BCUT2D eigenvalue weighted by Gasteiger charge is 2.23. The molecule has 3 heterocycles. The van der Waals surface area contributed by atoms with Gasteiger partial charge in [0, 0.05) is 56.2 Å². The van der Waals surface area contributed by atoms with E-state index in [-0.39, 0.29) is 5.91 Å². The van der Waals surface area contributed by atoms with Crippen molar-refractivity contribution in [3.05, 3.63) is 53.6 Å². The summed E-state index contributed by atoms with van der Waals surface area (Å²) in [6, 6.07) is 5.71. The quantitative estimate of drug-likeness (QED) is 0.851. The number of carbonyl (C=O) groups is 1. The molecule has 3 rings (SSSR count). The Morgan fingerprint density at radius 3 is 2.55 bits per heavy atom. The summed E-state index contributed by atoms with van der Waals surface area (Å²) in [6.45, 7) is 7.10. The Morgan fingerprint density at radius 2 is 1.86 bits per heavy atom. The van der Waals surface area contributed by atoms with E-state index in [0.29, 0.717) is 5.56 Å². The van der Waals surface area contributed by atoms with Gasteiger partial charge >= 0.3 is 0 Å². The zero-order valence-corrected chi connectivity index (χ0v) is 13.0. The first-order chi connectivity index (χ1) is 10.7. The number of carbonyl (C=O) groups excluding carboxylic acids is 1. The first-order valence-corrected chi connectivity index (χ1v) is 7.53. The van der Waals surface area contributed by atoms with Gasteiger partial charge in [0.25, 0.3) is 5.91 Å². The minimum absolute atomic E-state index is 0.0803. The summed E-state index contributed by atoms with van der Waals surface area (Å²) in [5.41, 5.74) is 3.88. The third-order valence-electron chi connectivity index (χ3n) is 4.14. The zero-order valence-electron chi connectivity index (χ0n) is 13.0. The smallest absolute Gasteiger partial charge is 0.255 e. The topological polar surface area (TPSA) is 49.3 Å². The first-order valence-electron chi connectivity index (χ1n) is 7.53. The Kier molecular flexibility index (Phi) is 4.04. The van der Waals surface area contributed by atoms with Crippen LogP contribution < -0.4 is 4.90 Å². The van der Waals surface area contributed by atoms with Crippen molar-refractivity contribution in [2.24, 2.45) is 0 Å². The highest BCUT2D eigenvalue weighted by Crippen LogP contribution is 2.20. The number of aryl methyl sites for hydroxylation is 2. The first kappa shape index (κ1) is 14.5. The summed E-state index contributed by atoms with van der Waals surface area (Å²) in [6.07, 6.45) is 5.42. The van der Waals surface area contributed by atoms with Crippen LogP contribution in [0, 0.1) is 13.8 Å². The monoisotopic (exact) mass is 296 g/mol. The molecule has 0 aromatic carbocycles. The average Bonchev–Trinajstić information content (AvgIpc) is 2.55. The van der Waals surface area contributed by atoms with Crippen LogP contribution in [0.25, 0.3) is 0 Å². The molecule has 2 aromatic rings. The van der Waals surface area contributed by atoms with Crippen molar-refractivity contribution >= 4 is 11.6 Å². The van der Waals surface area contributed by atoms with Crippen molar-refractivity contribution in [2.45, 2.75) is 13.8 Å². The summed E-state index contributed by atoms with van der Waals surface area (Å²) in [7, 11) is 0. The average molecular weight is 296 g/mol. The Morgan fingerprint density at radius 1 is 1.09 bits per heavy atom. The van der Waals surface area contributed by atoms with Crippen LogP contribution in [0.2, 0.25) is 0 Å². The molecule has 0 spiro atoms. The van der Waals surface area contributed by atoms with Crippen molar-refractivity contribution in [1.29, 1.82) is 0 Å². The second kappa shape index (κ2) is 6.13. The van der Waals surface area contributed by atoms with Gasteiger partial charge in [0.1, 0.15) is 0 Å². The van der Waals surface area contributed by atoms with E-state index >= 15 is 0 Å². The Balaban J connectivity index is 1.68. The second-order valence-electron chi connectivity index (χ2n) is 5.58. The molecule has 0 saturated carbocycles. The van der Waals surface area contributed by atoms with Crippen molar-refractivity contribution < 1.29 is 4.79 Å². The van der Waals surface area contributed by atoms with Crippen LogP contribution in [-0.4, -0.2) is 47.0 Å². The Bertz CT molecular complexity index is 678. The molecule has 1 amide bonds. The molecule has 0 unspecified atom stereocenters. The maximum absolute atomic E-state index is 12.6. The van der Waals surface area contributed by atoms with Crippen molar-refractivity contribution in [2.75, 3.05) is 31.1 Å². The van der Waals surface area contributed by atoms with Crippen LogP contribution in [0.15, 0.2) is 36.8 Å². The van der Waals surface area contributed by atoms with Crippen LogP contribution in [0.1, 0.15) is 21.6 Å². The van der Waals surface area contributed by atoms with Gasteiger partial charge in [0.15, 0.2) is 0 Å². The van der Waals surface area contributed by atoms with E-state index in [2.05, 4.69) is 21.8 Å². The number of rotatable bonds is 2. The second-order valence-corrected chi connectivity index (χ2v) is 5.58. The molecule has 0 aliphatic carbocycles. The van der Waals surface area contributed by atoms with E-state index in [1.165, 1.54) is 11.3 Å². The van der Waals surface area contributed by atoms with Crippen LogP contribution in [0.3, 0.4) is 0 Å². The van der Waals surface area contributed by atoms with Crippen molar-refractivity contribution in [1.82, 2.24) is 14.9 Å². The Labute approximate surface area is 130 Å². The maximum Gasteiger partial charge on any atom is 0.255 e. The van der Waals surface area contributed by atoms with E-state index in [0.717, 1.165) is 31.9 Å². The van der Waals surface area contributed by atoms with E-state index in [4.69, 9.17) is 0 Å². The lowest BCUT2D eigenvalue weighted by Gasteiger charge is -2.36. The highest BCUT2D eigenvalue weighted by atomic mass is 16.2. The molecule has 22 heavy (non-hydrogen) atoms. The lowest BCUT2D eigenvalue weighted by Crippen LogP contribution is -2.49. The van der Waals surface area contributed by atoms with Crippen LogP contribution in [-0.2, 0) is 0 Å². The summed E-state index contributed by atoms with van der Waals surface area (Å²) in [5, 5.41) is 0. The molecule has 5 heteroatoms. The largest absolute Gasteiger partial charge is 0.368 e. The number of aromatic nitrogens is 2. The van der Waals surface area contributed by atoms with Gasteiger partial charge in [-0.05, 0) is 37.6 Å². The van der Waals surface area contributed by atoms with Gasteiger partial charge in [0.05, 0.1) is 5.56 Å². The molecule has 0 bridgehead atoms. The lowest BCUT2D eigenvalue weighted by atomic mass is 10.1. The number of anilines is 1. The van der Waals surface area contributed by atoms with Crippen LogP contribution in [0.4, 0.5) is 5.69 Å². The molecule has 1 saturated heterocycles. The number of pyridine rings is 2. The summed E-state index contributed by atoms with van der Waals surface area (Å²) < 4.78 is 0. The predicted molar refractivity (Wildman–Crippen MR) is 86.1 cm³/mol. The zero-order chi connectivity index (χ0) is 15.5. The molecule has 1 fully saturated rings. The minimum atomic E-state index is 0.0803. The highest BCUT2D eigenvalue weighted by molar-refractivity contribution is 5.95. The van der Waals surface area contributed by atoms with Gasteiger partial charge in [-0.25, -0.2) is 0 Å². The van der Waals surface area contributed by atoms with E-state index in [9.17, 15) is 4.79 Å². The predicted octanol–water partition coefficient (Wildman–Crippen LogP) is 2.06. The SMILES string of the molecule is Cc1cnccc1N1CCN(C(=O)c2cccnc2C)CC1. The minimum Gasteiger partial charge on any atom is -0.368 e. The standard InChI is InChI=1S/C17H20N4O/c1-13-12-18-7-5-16(13)20-8-10-21(11-9-20)17(22)15-4-3-6-19-14(15)2/h3-7,12H,8-11H2,1-2H3. The molecule has 114 valence electrons. The maximum atomic E-state index is 12.6. The molecule has 5 nitrogen and oxygen atoms in total. The third kappa shape index (κ3) is 2.79.